The van der Waals surface area contributed by atoms with E-state index in [2.05, 4.69) is 0 Å². The van der Waals surface area contributed by atoms with E-state index >= 15 is 0 Å². The Morgan fingerprint density at radius 1 is 1.22 bits per heavy atom. The highest BCUT2D eigenvalue weighted by Crippen LogP contribution is 2.15. The van der Waals surface area contributed by atoms with Crippen molar-refractivity contribution in [2.75, 3.05) is 13.1 Å². The van der Waals surface area contributed by atoms with Gasteiger partial charge in [-0.2, -0.15) is 0 Å². The zero-order chi connectivity index (χ0) is 13.7. The van der Waals surface area contributed by atoms with Crippen molar-refractivity contribution in [3.63, 3.8) is 0 Å². The Balaban J connectivity index is 2.75. The number of carboxylic acids is 1. The van der Waals surface area contributed by atoms with Gasteiger partial charge in [0.05, 0.1) is 6.42 Å². The Morgan fingerprint density at radius 2 is 1.83 bits per heavy atom. The second-order valence-corrected chi connectivity index (χ2v) is 3.87. The summed E-state index contributed by atoms with van der Waals surface area (Å²) in [6.07, 6.45) is -0.0842. The van der Waals surface area contributed by atoms with E-state index in [4.69, 9.17) is 5.11 Å². The molecule has 18 heavy (non-hydrogen) atoms. The maximum Gasteiger partial charge on any atom is 0.304 e. The lowest BCUT2D eigenvalue weighted by Gasteiger charge is -2.19. The first kappa shape index (κ1) is 14.5. The lowest BCUT2D eigenvalue weighted by atomic mass is 10.2. The van der Waals surface area contributed by atoms with E-state index < -0.39 is 23.4 Å². The van der Waals surface area contributed by atoms with Gasteiger partial charge in [-0.25, -0.2) is 13.2 Å². The molecule has 3 nitrogen and oxygen atoms in total. The van der Waals surface area contributed by atoms with Crippen LogP contribution in [0.1, 0.15) is 18.9 Å². The normalized spacial score (nSPS) is 10.9. The number of halogens is 3. The molecule has 1 aromatic carbocycles. The third kappa shape index (κ3) is 4.03. The van der Waals surface area contributed by atoms with Gasteiger partial charge in [0.15, 0.2) is 11.6 Å². The van der Waals surface area contributed by atoms with E-state index in [9.17, 15) is 18.0 Å². The molecule has 0 unspecified atom stereocenters. The molecule has 0 bridgehead atoms. The van der Waals surface area contributed by atoms with E-state index in [0.717, 1.165) is 6.07 Å². The largest absolute Gasteiger partial charge is 0.481 e. The van der Waals surface area contributed by atoms with E-state index in [1.165, 1.54) is 0 Å². The van der Waals surface area contributed by atoms with E-state index in [-0.39, 0.29) is 25.1 Å². The fourth-order valence-corrected chi connectivity index (χ4v) is 1.53. The van der Waals surface area contributed by atoms with Gasteiger partial charge in [-0.3, -0.25) is 9.69 Å². The minimum absolute atomic E-state index is 0.0149. The lowest BCUT2D eigenvalue weighted by Crippen LogP contribution is -2.26. The van der Waals surface area contributed by atoms with Crippen molar-refractivity contribution < 1.29 is 23.1 Å². The van der Waals surface area contributed by atoms with E-state index in [1.807, 2.05) is 0 Å². The van der Waals surface area contributed by atoms with Crippen LogP contribution in [0.5, 0.6) is 0 Å². The molecule has 0 radical (unpaired) electrons. The van der Waals surface area contributed by atoms with Crippen molar-refractivity contribution in [1.82, 2.24) is 4.90 Å². The van der Waals surface area contributed by atoms with Crippen molar-refractivity contribution in [2.24, 2.45) is 0 Å². The average molecular weight is 261 g/mol. The van der Waals surface area contributed by atoms with Crippen LogP contribution in [0, 0.1) is 17.5 Å². The summed E-state index contributed by atoms with van der Waals surface area (Å²) in [6.45, 7) is 2.54. The minimum Gasteiger partial charge on any atom is -0.481 e. The second kappa shape index (κ2) is 6.39. The number of benzene rings is 1. The number of hydrogen-bond donors (Lipinski definition) is 1. The molecular formula is C12H14F3NO2. The maximum atomic E-state index is 13.4. The van der Waals surface area contributed by atoms with E-state index in [1.54, 1.807) is 11.8 Å². The van der Waals surface area contributed by atoms with Gasteiger partial charge in [0, 0.05) is 24.7 Å². The molecule has 0 saturated heterocycles. The van der Waals surface area contributed by atoms with Crippen LogP contribution in [-0.2, 0) is 11.3 Å². The number of aliphatic carboxylic acids is 1. The molecule has 0 aliphatic carbocycles. The monoisotopic (exact) mass is 261 g/mol. The van der Waals surface area contributed by atoms with Crippen LogP contribution in [0.3, 0.4) is 0 Å². The predicted molar refractivity (Wildman–Crippen MR) is 59.5 cm³/mol. The smallest absolute Gasteiger partial charge is 0.304 e. The Bertz CT molecular complexity index is 438. The van der Waals surface area contributed by atoms with Crippen LogP contribution in [-0.4, -0.2) is 29.1 Å². The molecule has 0 fully saturated rings. The van der Waals surface area contributed by atoms with Gasteiger partial charge in [-0.05, 0) is 12.6 Å². The molecule has 0 heterocycles. The van der Waals surface area contributed by atoms with Gasteiger partial charge in [0.1, 0.15) is 5.82 Å². The van der Waals surface area contributed by atoms with Gasteiger partial charge >= 0.3 is 5.97 Å². The number of carbonyl (C=O) groups is 1. The van der Waals surface area contributed by atoms with Crippen LogP contribution < -0.4 is 0 Å². The standard InChI is InChI=1S/C12H14F3NO2/c1-2-16(4-3-12(17)18)7-8-5-10(14)11(15)6-9(8)13/h5-6H,2-4,7H2,1H3,(H,17,18). The summed E-state index contributed by atoms with van der Waals surface area (Å²) in [6, 6.07) is 1.30. The van der Waals surface area contributed by atoms with Crippen LogP contribution in [0.4, 0.5) is 13.2 Å². The molecule has 1 rings (SSSR count). The summed E-state index contributed by atoms with van der Waals surface area (Å²) in [5.74, 6) is -4.13. The minimum atomic E-state index is -1.23. The number of nitrogens with zero attached hydrogens (tertiary/aromatic N) is 1. The fraction of sp³-hybridized carbons (Fsp3) is 0.417. The molecule has 6 heteroatoms. The summed E-state index contributed by atoms with van der Waals surface area (Å²) >= 11 is 0. The molecule has 0 saturated carbocycles. The van der Waals surface area contributed by atoms with Crippen molar-refractivity contribution in [3.8, 4) is 0 Å². The fourth-order valence-electron chi connectivity index (χ4n) is 1.53. The molecule has 0 aromatic heterocycles. The molecule has 0 aliphatic rings. The van der Waals surface area contributed by atoms with Crippen molar-refractivity contribution in [3.05, 3.63) is 35.1 Å². The third-order valence-corrected chi connectivity index (χ3v) is 2.57. The summed E-state index contributed by atoms with van der Waals surface area (Å²) in [7, 11) is 0. The molecule has 0 atom stereocenters. The first-order valence-corrected chi connectivity index (χ1v) is 5.51. The van der Waals surface area contributed by atoms with Crippen molar-refractivity contribution in [1.29, 1.82) is 0 Å². The van der Waals surface area contributed by atoms with Gasteiger partial charge in [0.25, 0.3) is 0 Å². The Hall–Kier alpha value is -1.56. The average Bonchev–Trinajstić information content (AvgIpc) is 2.30. The summed E-state index contributed by atoms with van der Waals surface area (Å²) in [5, 5.41) is 8.55. The highest BCUT2D eigenvalue weighted by molar-refractivity contribution is 5.66. The molecule has 1 N–H and O–H groups in total. The maximum absolute atomic E-state index is 13.4. The second-order valence-electron chi connectivity index (χ2n) is 3.87. The Kier molecular flexibility index (Phi) is 5.15. The van der Waals surface area contributed by atoms with Gasteiger partial charge < -0.3 is 5.11 Å². The topological polar surface area (TPSA) is 40.5 Å². The highest BCUT2D eigenvalue weighted by atomic mass is 19.2. The predicted octanol–water partition coefficient (Wildman–Crippen LogP) is 2.40. The SMILES string of the molecule is CCN(CCC(=O)O)Cc1cc(F)c(F)cc1F. The van der Waals surface area contributed by atoms with Crippen LogP contribution >= 0.6 is 0 Å². The summed E-state index contributed by atoms with van der Waals surface area (Å²) in [4.78, 5) is 12.1. The van der Waals surface area contributed by atoms with Crippen molar-refractivity contribution >= 4 is 5.97 Å². The van der Waals surface area contributed by atoms with Crippen LogP contribution in [0.2, 0.25) is 0 Å². The molecular weight excluding hydrogens is 247 g/mol. The van der Waals surface area contributed by atoms with E-state index in [0.29, 0.717) is 12.6 Å². The molecule has 1 aromatic rings. The van der Waals surface area contributed by atoms with Crippen LogP contribution in [0.25, 0.3) is 0 Å². The molecule has 0 amide bonds. The zero-order valence-electron chi connectivity index (χ0n) is 9.92. The molecule has 0 spiro atoms. The van der Waals surface area contributed by atoms with Gasteiger partial charge in [-0.15, -0.1) is 0 Å². The number of rotatable bonds is 6. The first-order valence-electron chi connectivity index (χ1n) is 5.51. The van der Waals surface area contributed by atoms with Gasteiger partial charge in [0.2, 0.25) is 0 Å². The third-order valence-electron chi connectivity index (χ3n) is 2.57. The Morgan fingerprint density at radius 3 is 2.39 bits per heavy atom. The highest BCUT2D eigenvalue weighted by Gasteiger charge is 2.13. The van der Waals surface area contributed by atoms with Crippen LogP contribution in [0.15, 0.2) is 12.1 Å². The summed E-state index contributed by atoms with van der Waals surface area (Å²) < 4.78 is 39.1. The first-order chi connectivity index (χ1) is 8.43. The summed E-state index contributed by atoms with van der Waals surface area (Å²) in [5.41, 5.74) is 0.0149. The van der Waals surface area contributed by atoms with Crippen molar-refractivity contribution in [2.45, 2.75) is 19.9 Å². The quantitative estimate of drug-likeness (QED) is 0.799. The van der Waals surface area contributed by atoms with Gasteiger partial charge in [-0.1, -0.05) is 6.92 Å². The number of hydrogen-bond acceptors (Lipinski definition) is 2. The lowest BCUT2D eigenvalue weighted by molar-refractivity contribution is -0.137. The molecule has 0 aliphatic heterocycles. The number of carboxylic acid groups (broad SMARTS) is 1. The molecule has 100 valence electrons. The Labute approximate surface area is 103 Å². The zero-order valence-corrected chi connectivity index (χ0v) is 9.92.